The van der Waals surface area contributed by atoms with Gasteiger partial charge in [-0.2, -0.15) is 5.10 Å². The molecule has 2 aromatic heterocycles. The van der Waals surface area contributed by atoms with Gasteiger partial charge in [0.15, 0.2) is 5.69 Å². The number of morpholine rings is 1. The summed E-state index contributed by atoms with van der Waals surface area (Å²) < 4.78 is 9.63. The van der Waals surface area contributed by atoms with E-state index in [0.29, 0.717) is 13.2 Å². The molecule has 3 aromatic rings. The van der Waals surface area contributed by atoms with Crippen LogP contribution >= 0.6 is 17.0 Å². The Kier molecular flexibility index (Phi) is 9.17. The van der Waals surface area contributed by atoms with Gasteiger partial charge in [-0.1, -0.05) is 12.1 Å². The zero-order chi connectivity index (χ0) is 20.2. The Balaban J connectivity index is 0.00000171. The molecule has 0 amide bonds. The monoisotopic (exact) mass is 551 g/mol. The number of aryl methyl sites for hydroxylation is 2. The number of ether oxygens (including phenoxy) is 1. The lowest BCUT2D eigenvalue weighted by atomic mass is 10.1. The van der Waals surface area contributed by atoms with E-state index in [1.807, 2.05) is 17.1 Å². The fraction of sp³-hybridized carbons (Fsp3) is 0.286. The molecular weight excluding hydrogens is 526 g/mol. The maximum Gasteiger partial charge on any atom is 0.286 e. The summed E-state index contributed by atoms with van der Waals surface area (Å²) in [6, 6.07) is 12.5. The van der Waals surface area contributed by atoms with E-state index in [1.165, 1.54) is 5.56 Å². The van der Waals surface area contributed by atoms with Crippen molar-refractivity contribution in [2.45, 2.75) is 6.92 Å². The van der Waals surface area contributed by atoms with Crippen molar-refractivity contribution in [3.05, 3.63) is 59.9 Å². The zero-order valence-corrected chi connectivity index (χ0v) is 20.8. The minimum Gasteiger partial charge on any atom is -1.00 e. The second-order valence-corrected chi connectivity index (χ2v) is 7.11. The fourth-order valence-corrected chi connectivity index (χ4v) is 3.35. The third-order valence-electron chi connectivity index (χ3n) is 4.95. The highest BCUT2D eigenvalue weighted by Gasteiger charge is 2.15. The van der Waals surface area contributed by atoms with Crippen LogP contribution in [0.2, 0.25) is 0 Å². The maximum absolute atomic E-state index is 5.87. The highest BCUT2D eigenvalue weighted by atomic mass is 79.9. The number of nitrogens with zero attached hydrogens (tertiary/aromatic N) is 5. The Morgan fingerprint density at radius 3 is 2.61 bits per heavy atom. The molecule has 1 aliphatic rings. The number of fused-ring (bicyclic) bond motifs is 1. The van der Waals surface area contributed by atoms with E-state index in [0.717, 1.165) is 35.6 Å². The summed E-state index contributed by atoms with van der Waals surface area (Å²) in [5.41, 5.74) is 14.5. The molecule has 3 heterocycles. The van der Waals surface area contributed by atoms with Crippen LogP contribution in [0.25, 0.3) is 16.9 Å². The van der Waals surface area contributed by atoms with Crippen LogP contribution in [0.1, 0.15) is 11.1 Å². The van der Waals surface area contributed by atoms with Crippen LogP contribution in [0.5, 0.6) is 0 Å². The van der Waals surface area contributed by atoms with E-state index in [9.17, 15) is 0 Å². The standard InChI is InChI=1S/C21H26N7O.2BrH/c1-16-7-8-27-15-19(26(2)20(27)13-16)18-5-3-17(4-6-18)14-23-24-21(22)25-28-9-11-29-12-10-28;;/h3-8,13-15H,9-12H2,1-2H3,(H3,22,24,25);2*1H/q+1;;/p-1/b23-14+;;. The smallest absolute Gasteiger partial charge is 0.286 e. The summed E-state index contributed by atoms with van der Waals surface area (Å²) in [4.78, 5) is 0. The number of imidazole rings is 1. The number of hydrogen-bond donors (Lipinski definition) is 2. The maximum atomic E-state index is 5.87. The molecule has 4 rings (SSSR count). The normalized spacial score (nSPS) is 15.0. The van der Waals surface area contributed by atoms with Gasteiger partial charge in [-0.15, -0.1) is 22.1 Å². The van der Waals surface area contributed by atoms with Crippen LogP contribution in [0, 0.1) is 6.92 Å². The molecule has 0 bridgehead atoms. The summed E-state index contributed by atoms with van der Waals surface area (Å²) >= 11 is 0. The van der Waals surface area contributed by atoms with Crippen LogP contribution in [0.4, 0.5) is 0 Å². The zero-order valence-electron chi connectivity index (χ0n) is 17.5. The van der Waals surface area contributed by atoms with Gasteiger partial charge >= 0.3 is 0 Å². The summed E-state index contributed by atoms with van der Waals surface area (Å²) in [6.45, 7) is 5.02. The quantitative estimate of drug-likeness (QED) is 0.184. The van der Waals surface area contributed by atoms with E-state index < -0.39 is 0 Å². The van der Waals surface area contributed by atoms with E-state index in [1.54, 1.807) is 6.21 Å². The molecule has 31 heavy (non-hydrogen) atoms. The van der Waals surface area contributed by atoms with Gasteiger partial charge in [0.2, 0.25) is 5.96 Å². The predicted octanol–water partition coefficient (Wildman–Crippen LogP) is -1.19. The van der Waals surface area contributed by atoms with Gasteiger partial charge in [0.05, 0.1) is 32.7 Å². The molecule has 3 N–H and O–H groups in total. The first-order chi connectivity index (χ1) is 14.1. The van der Waals surface area contributed by atoms with E-state index in [4.69, 9.17) is 10.5 Å². The molecular formula is C21H27Br2N7O. The molecule has 0 spiro atoms. The molecule has 0 aliphatic carbocycles. The fourth-order valence-electron chi connectivity index (χ4n) is 3.35. The average Bonchev–Trinajstić information content (AvgIpc) is 3.05. The Bertz CT molecular complexity index is 1060. The van der Waals surface area contributed by atoms with Crippen LogP contribution in [-0.2, 0) is 11.8 Å². The van der Waals surface area contributed by atoms with E-state index in [2.05, 4.69) is 75.2 Å². The molecule has 10 heteroatoms. The van der Waals surface area contributed by atoms with Gasteiger partial charge in [-0.05, 0) is 36.2 Å². The van der Waals surface area contributed by atoms with Crippen molar-refractivity contribution in [2.75, 3.05) is 26.3 Å². The summed E-state index contributed by atoms with van der Waals surface area (Å²) in [7, 11) is 2.08. The highest BCUT2D eigenvalue weighted by Crippen LogP contribution is 2.20. The first-order valence-electron chi connectivity index (χ1n) is 9.64. The predicted molar refractivity (Wildman–Crippen MR) is 124 cm³/mol. The van der Waals surface area contributed by atoms with E-state index in [-0.39, 0.29) is 39.9 Å². The van der Waals surface area contributed by atoms with Crippen molar-refractivity contribution < 1.29 is 26.1 Å². The minimum atomic E-state index is 0. The lowest BCUT2D eigenvalue weighted by Crippen LogP contribution is -3.00. The highest BCUT2D eigenvalue weighted by molar-refractivity contribution is 8.93. The van der Waals surface area contributed by atoms with Gasteiger partial charge in [0, 0.05) is 24.7 Å². The second-order valence-electron chi connectivity index (χ2n) is 7.11. The topological polar surface area (TPSA) is 84.3 Å². The average molecular weight is 553 g/mol. The van der Waals surface area contributed by atoms with Crippen molar-refractivity contribution in [1.29, 1.82) is 0 Å². The summed E-state index contributed by atoms with van der Waals surface area (Å²) in [6.07, 6.45) is 5.92. The number of aromatic nitrogens is 2. The molecule has 1 aliphatic heterocycles. The Morgan fingerprint density at radius 1 is 1.19 bits per heavy atom. The van der Waals surface area contributed by atoms with Crippen LogP contribution in [-0.4, -0.2) is 48.1 Å². The van der Waals surface area contributed by atoms with Gasteiger partial charge in [-0.3, -0.25) is 5.43 Å². The van der Waals surface area contributed by atoms with Gasteiger partial charge in [-0.25, -0.2) is 14.0 Å². The molecule has 1 fully saturated rings. The lowest BCUT2D eigenvalue weighted by Gasteiger charge is -2.26. The summed E-state index contributed by atoms with van der Waals surface area (Å²) in [5.74, 6) is 0.266. The van der Waals surface area contributed by atoms with Crippen molar-refractivity contribution >= 4 is 34.8 Å². The number of guanidine groups is 1. The van der Waals surface area contributed by atoms with Crippen molar-refractivity contribution in [1.82, 2.24) is 15.0 Å². The molecule has 1 aromatic carbocycles. The molecule has 0 saturated carbocycles. The number of benzene rings is 1. The Hall–Kier alpha value is -2.27. The largest absolute Gasteiger partial charge is 1.00 e. The number of hydrogen-bond acceptors (Lipinski definition) is 4. The molecule has 0 atom stereocenters. The SMILES string of the molecule is Br.Cc1cc[n+]2cc(-c3ccc(/C=N/N=C(\N)NN4CCOCC4)cc3)n(C)c2c1.[Br-]. The minimum absolute atomic E-state index is 0. The molecule has 0 unspecified atom stereocenters. The van der Waals surface area contributed by atoms with E-state index >= 15 is 0 Å². The number of nitrogens with one attached hydrogen (secondary N) is 1. The van der Waals surface area contributed by atoms with Crippen molar-refractivity contribution in [3.8, 4) is 11.3 Å². The number of pyridine rings is 1. The van der Waals surface area contributed by atoms with Crippen LogP contribution in [0.15, 0.2) is 59.0 Å². The third-order valence-corrected chi connectivity index (χ3v) is 4.95. The number of nitrogens with two attached hydrogens (primary N) is 1. The first kappa shape index (κ1) is 25.0. The Morgan fingerprint density at radius 2 is 1.90 bits per heavy atom. The first-order valence-corrected chi connectivity index (χ1v) is 9.64. The van der Waals surface area contributed by atoms with Gasteiger partial charge in [0.1, 0.15) is 6.20 Å². The molecule has 8 nitrogen and oxygen atoms in total. The number of halogens is 2. The second kappa shape index (κ2) is 11.4. The van der Waals surface area contributed by atoms with Gasteiger partial charge < -0.3 is 27.5 Å². The van der Waals surface area contributed by atoms with Crippen LogP contribution in [0.3, 0.4) is 0 Å². The molecule has 1 saturated heterocycles. The summed E-state index contributed by atoms with van der Waals surface area (Å²) in [5, 5.41) is 10.1. The Labute approximate surface area is 202 Å². The number of rotatable bonds is 4. The molecule has 166 valence electrons. The lowest BCUT2D eigenvalue weighted by molar-refractivity contribution is -0.510. The molecule has 0 radical (unpaired) electrons. The van der Waals surface area contributed by atoms with Crippen molar-refractivity contribution in [2.24, 2.45) is 23.0 Å². The third kappa shape index (κ3) is 6.13. The number of hydrazine groups is 1. The van der Waals surface area contributed by atoms with Crippen LogP contribution < -0.4 is 32.5 Å². The van der Waals surface area contributed by atoms with Gasteiger partial charge in [0.25, 0.3) is 5.65 Å². The van der Waals surface area contributed by atoms with Crippen molar-refractivity contribution in [3.63, 3.8) is 0 Å².